The number of hydrogen-bond donors (Lipinski definition) is 3. The second kappa shape index (κ2) is 7.33. The average molecular weight is 305 g/mol. The van der Waals surface area contributed by atoms with Gasteiger partial charge in [0.15, 0.2) is 0 Å². The Morgan fingerprint density at radius 1 is 1.32 bits per heavy atom. The molecular formula is C12H14Cl2N2O3. The van der Waals surface area contributed by atoms with Crippen molar-refractivity contribution < 1.29 is 14.7 Å². The predicted octanol–water partition coefficient (Wildman–Crippen LogP) is 1.82. The van der Waals surface area contributed by atoms with Gasteiger partial charge < -0.3 is 15.7 Å². The van der Waals surface area contributed by atoms with Crippen LogP contribution in [0.1, 0.15) is 13.3 Å². The maximum Gasteiger partial charge on any atom is 0.313 e. The van der Waals surface area contributed by atoms with Crippen molar-refractivity contribution in [2.45, 2.75) is 19.4 Å². The molecule has 0 aliphatic rings. The second-order valence-electron chi connectivity index (χ2n) is 3.97. The Morgan fingerprint density at radius 2 is 2.00 bits per heavy atom. The van der Waals surface area contributed by atoms with Crippen LogP contribution in [0.15, 0.2) is 18.2 Å². The SMILES string of the molecule is CC(O)CCNC(=O)C(=O)Nc1ccc(Cl)cc1Cl. The summed E-state index contributed by atoms with van der Waals surface area (Å²) in [5, 5.41) is 14.5. The highest BCUT2D eigenvalue weighted by atomic mass is 35.5. The highest BCUT2D eigenvalue weighted by Gasteiger charge is 2.14. The van der Waals surface area contributed by atoms with Crippen LogP contribution in [0, 0.1) is 0 Å². The van der Waals surface area contributed by atoms with E-state index in [4.69, 9.17) is 28.3 Å². The van der Waals surface area contributed by atoms with Crippen LogP contribution in [0.4, 0.5) is 5.69 Å². The van der Waals surface area contributed by atoms with Crippen LogP contribution in [0.2, 0.25) is 10.0 Å². The minimum atomic E-state index is -0.824. The summed E-state index contributed by atoms with van der Waals surface area (Å²) in [7, 11) is 0. The van der Waals surface area contributed by atoms with Gasteiger partial charge in [0.2, 0.25) is 0 Å². The van der Waals surface area contributed by atoms with Crippen molar-refractivity contribution in [2.24, 2.45) is 0 Å². The summed E-state index contributed by atoms with van der Waals surface area (Å²) in [4.78, 5) is 23.0. The standard InChI is InChI=1S/C12H14Cl2N2O3/c1-7(17)4-5-15-11(18)12(19)16-10-3-2-8(13)6-9(10)14/h2-3,6-7,17H,4-5H2,1H3,(H,15,18)(H,16,19). The smallest absolute Gasteiger partial charge is 0.313 e. The van der Waals surface area contributed by atoms with Gasteiger partial charge in [0.1, 0.15) is 0 Å². The van der Waals surface area contributed by atoms with Gasteiger partial charge in [-0.25, -0.2) is 0 Å². The number of rotatable bonds is 4. The Labute approximate surface area is 120 Å². The molecule has 0 heterocycles. The number of aliphatic hydroxyl groups is 1. The maximum absolute atomic E-state index is 11.5. The molecule has 104 valence electrons. The zero-order valence-corrected chi connectivity index (χ0v) is 11.8. The average Bonchev–Trinajstić information content (AvgIpc) is 2.32. The van der Waals surface area contributed by atoms with Gasteiger partial charge in [-0.05, 0) is 31.5 Å². The Morgan fingerprint density at radius 3 is 2.58 bits per heavy atom. The molecule has 5 nitrogen and oxygen atoms in total. The molecule has 0 saturated heterocycles. The van der Waals surface area contributed by atoms with E-state index in [9.17, 15) is 9.59 Å². The molecular weight excluding hydrogens is 291 g/mol. The van der Waals surface area contributed by atoms with Crippen LogP contribution >= 0.6 is 23.2 Å². The van der Waals surface area contributed by atoms with E-state index >= 15 is 0 Å². The molecule has 3 N–H and O–H groups in total. The van der Waals surface area contributed by atoms with Gasteiger partial charge in [-0.1, -0.05) is 23.2 Å². The van der Waals surface area contributed by atoms with Crippen molar-refractivity contribution in [3.63, 3.8) is 0 Å². The monoisotopic (exact) mass is 304 g/mol. The van der Waals surface area contributed by atoms with E-state index in [1.807, 2.05) is 0 Å². The van der Waals surface area contributed by atoms with Gasteiger partial charge in [0.25, 0.3) is 0 Å². The molecule has 1 unspecified atom stereocenters. The summed E-state index contributed by atoms with van der Waals surface area (Å²) in [5.74, 6) is -1.61. The van der Waals surface area contributed by atoms with Crippen LogP contribution in [-0.4, -0.2) is 29.6 Å². The summed E-state index contributed by atoms with van der Waals surface area (Å²) in [6, 6.07) is 4.52. The molecule has 0 spiro atoms. The fourth-order valence-corrected chi connectivity index (χ4v) is 1.70. The molecule has 0 radical (unpaired) electrons. The first-order valence-electron chi connectivity index (χ1n) is 5.62. The molecule has 1 aromatic rings. The first kappa shape index (κ1) is 15.8. The van der Waals surface area contributed by atoms with Crippen molar-refractivity contribution in [3.05, 3.63) is 28.2 Å². The molecule has 1 aromatic carbocycles. The van der Waals surface area contributed by atoms with E-state index < -0.39 is 17.9 Å². The number of amides is 2. The minimum Gasteiger partial charge on any atom is -0.393 e. The summed E-state index contributed by atoms with van der Waals surface area (Å²) in [6.07, 6.45) is -0.158. The highest BCUT2D eigenvalue weighted by Crippen LogP contribution is 2.25. The van der Waals surface area contributed by atoms with Crippen molar-refractivity contribution in [2.75, 3.05) is 11.9 Å². The lowest BCUT2D eigenvalue weighted by Crippen LogP contribution is -2.36. The zero-order valence-electron chi connectivity index (χ0n) is 10.2. The first-order chi connectivity index (χ1) is 8.90. The van der Waals surface area contributed by atoms with E-state index in [-0.39, 0.29) is 11.6 Å². The molecule has 0 aliphatic heterocycles. The Bertz CT molecular complexity index is 478. The normalized spacial score (nSPS) is 11.8. The van der Waals surface area contributed by atoms with Gasteiger partial charge in [-0.15, -0.1) is 0 Å². The third-order valence-electron chi connectivity index (χ3n) is 2.23. The zero-order chi connectivity index (χ0) is 14.4. The number of carbonyl (C=O) groups excluding carboxylic acids is 2. The third-order valence-corrected chi connectivity index (χ3v) is 2.78. The lowest BCUT2D eigenvalue weighted by atomic mass is 10.3. The van der Waals surface area contributed by atoms with Crippen molar-refractivity contribution in [1.82, 2.24) is 5.32 Å². The first-order valence-corrected chi connectivity index (χ1v) is 6.38. The number of hydrogen-bond acceptors (Lipinski definition) is 3. The number of carbonyl (C=O) groups is 2. The van der Waals surface area contributed by atoms with Gasteiger partial charge in [-0.2, -0.15) is 0 Å². The van der Waals surface area contributed by atoms with Crippen LogP contribution < -0.4 is 10.6 Å². The number of halogens is 2. The van der Waals surface area contributed by atoms with Crippen molar-refractivity contribution >= 4 is 40.7 Å². The topological polar surface area (TPSA) is 78.4 Å². The van der Waals surface area contributed by atoms with Gasteiger partial charge in [-0.3, -0.25) is 9.59 Å². The van der Waals surface area contributed by atoms with Crippen molar-refractivity contribution in [1.29, 1.82) is 0 Å². The third kappa shape index (κ3) is 5.46. The fraction of sp³-hybridized carbons (Fsp3) is 0.333. The number of anilines is 1. The van der Waals surface area contributed by atoms with E-state index in [1.165, 1.54) is 12.1 Å². The quantitative estimate of drug-likeness (QED) is 0.742. The fourth-order valence-electron chi connectivity index (χ4n) is 1.24. The lowest BCUT2D eigenvalue weighted by Gasteiger charge is -2.08. The Kier molecular flexibility index (Phi) is 6.08. The molecule has 19 heavy (non-hydrogen) atoms. The van der Waals surface area contributed by atoms with E-state index in [1.54, 1.807) is 13.0 Å². The molecule has 7 heteroatoms. The molecule has 1 atom stereocenters. The van der Waals surface area contributed by atoms with Crippen LogP contribution in [0.3, 0.4) is 0 Å². The summed E-state index contributed by atoms with van der Waals surface area (Å²) in [6.45, 7) is 1.82. The molecule has 0 bridgehead atoms. The van der Waals surface area contributed by atoms with Gasteiger partial charge in [0.05, 0.1) is 16.8 Å². The molecule has 0 fully saturated rings. The van der Waals surface area contributed by atoms with E-state index in [2.05, 4.69) is 10.6 Å². The summed E-state index contributed by atoms with van der Waals surface area (Å²) in [5.41, 5.74) is 0.307. The largest absolute Gasteiger partial charge is 0.393 e. The molecule has 0 saturated carbocycles. The van der Waals surface area contributed by atoms with Crippen molar-refractivity contribution in [3.8, 4) is 0 Å². The van der Waals surface area contributed by atoms with E-state index in [0.717, 1.165) is 0 Å². The Balaban J connectivity index is 2.52. The molecule has 1 rings (SSSR count). The number of benzene rings is 1. The maximum atomic E-state index is 11.5. The molecule has 0 aliphatic carbocycles. The molecule has 0 aromatic heterocycles. The summed E-state index contributed by atoms with van der Waals surface area (Å²) >= 11 is 11.6. The van der Waals surface area contributed by atoms with Gasteiger partial charge >= 0.3 is 11.8 Å². The number of aliphatic hydroxyl groups excluding tert-OH is 1. The summed E-state index contributed by atoms with van der Waals surface area (Å²) < 4.78 is 0. The second-order valence-corrected chi connectivity index (χ2v) is 4.82. The Hall–Kier alpha value is -1.30. The predicted molar refractivity (Wildman–Crippen MR) is 74.4 cm³/mol. The molecule has 2 amide bonds. The lowest BCUT2D eigenvalue weighted by molar-refractivity contribution is -0.136. The minimum absolute atomic E-state index is 0.221. The van der Waals surface area contributed by atoms with Crippen LogP contribution in [0.25, 0.3) is 0 Å². The van der Waals surface area contributed by atoms with Crippen LogP contribution in [-0.2, 0) is 9.59 Å². The number of nitrogens with one attached hydrogen (secondary N) is 2. The van der Waals surface area contributed by atoms with Gasteiger partial charge in [0, 0.05) is 11.6 Å². The van der Waals surface area contributed by atoms with Crippen LogP contribution in [0.5, 0.6) is 0 Å². The van der Waals surface area contributed by atoms with E-state index in [0.29, 0.717) is 17.1 Å². The highest BCUT2D eigenvalue weighted by molar-refractivity contribution is 6.42.